The Hall–Kier alpha value is -1.28. The van der Waals surface area contributed by atoms with Crippen LogP contribution in [0.1, 0.15) is 16.4 Å². The van der Waals surface area contributed by atoms with Crippen LogP contribution in [-0.4, -0.2) is 19.7 Å². The lowest BCUT2D eigenvalue weighted by atomic mass is 10.3. The van der Waals surface area contributed by atoms with Crippen molar-refractivity contribution in [2.75, 3.05) is 5.73 Å². The largest absolute Gasteiger partial charge is 0.374 e. The number of nitrogen functional groups attached to an aromatic ring is 1. The Morgan fingerprint density at radius 2 is 2.12 bits per heavy atom. The van der Waals surface area contributed by atoms with Crippen molar-refractivity contribution in [2.24, 2.45) is 0 Å². The fourth-order valence-electron chi connectivity index (χ4n) is 1.43. The zero-order valence-corrected chi connectivity index (χ0v) is 11.7. The lowest BCUT2D eigenvalue weighted by Crippen LogP contribution is -2.26. The molecular weight excluding hydrogens is 306 g/mol. The second kappa shape index (κ2) is 4.53. The average molecular weight is 316 g/mol. The highest BCUT2D eigenvalue weighted by atomic mass is 79.9. The Labute approximate surface area is 110 Å². The highest BCUT2D eigenvalue weighted by molar-refractivity contribution is 9.10. The fourth-order valence-corrected chi connectivity index (χ4v) is 2.33. The maximum atomic E-state index is 11.8. The molecule has 0 aliphatic carbocycles. The van der Waals surface area contributed by atoms with E-state index in [0.29, 0.717) is 22.4 Å². The Bertz CT molecular complexity index is 620. The van der Waals surface area contributed by atoms with Gasteiger partial charge in [0.2, 0.25) is 5.13 Å². The van der Waals surface area contributed by atoms with E-state index in [1.54, 1.807) is 6.92 Å². The molecule has 0 fully saturated rings. The van der Waals surface area contributed by atoms with Gasteiger partial charge < -0.3 is 5.73 Å². The van der Waals surface area contributed by atoms with Gasteiger partial charge in [0.05, 0.1) is 16.7 Å². The van der Waals surface area contributed by atoms with Crippen molar-refractivity contribution >= 4 is 32.4 Å². The molecule has 2 aromatic heterocycles. The topological polar surface area (TPSA) is 86.7 Å². The van der Waals surface area contributed by atoms with Gasteiger partial charge in [-0.1, -0.05) is 11.3 Å². The molecule has 90 valence electrons. The molecule has 0 saturated carbocycles. The molecule has 0 aliphatic heterocycles. The summed E-state index contributed by atoms with van der Waals surface area (Å²) in [5, 5.41) is 8.68. The number of hydrogen-bond donors (Lipinski definition) is 1. The summed E-state index contributed by atoms with van der Waals surface area (Å²) < 4.78 is 2.37. The number of rotatable bonds is 2. The predicted octanol–water partition coefficient (Wildman–Crippen LogP) is 1.10. The summed E-state index contributed by atoms with van der Waals surface area (Å²) in [6.45, 7) is 3.97. The van der Waals surface area contributed by atoms with E-state index in [9.17, 15) is 4.79 Å². The van der Waals surface area contributed by atoms with Gasteiger partial charge in [0, 0.05) is 5.69 Å². The van der Waals surface area contributed by atoms with E-state index in [4.69, 9.17) is 5.73 Å². The molecule has 0 bridgehead atoms. The summed E-state index contributed by atoms with van der Waals surface area (Å²) in [5.41, 5.74) is 6.70. The van der Waals surface area contributed by atoms with Crippen molar-refractivity contribution in [1.29, 1.82) is 0 Å². The SMILES string of the molecule is Cc1nc(=O)n(Cc2nnc(N)s2)c(C)c1Br. The van der Waals surface area contributed by atoms with E-state index in [-0.39, 0.29) is 5.69 Å². The molecule has 0 radical (unpaired) electrons. The maximum absolute atomic E-state index is 11.8. The van der Waals surface area contributed by atoms with Crippen molar-refractivity contribution < 1.29 is 0 Å². The van der Waals surface area contributed by atoms with Crippen molar-refractivity contribution in [3.05, 3.63) is 31.4 Å². The van der Waals surface area contributed by atoms with E-state index in [2.05, 4.69) is 31.1 Å². The molecule has 2 heterocycles. The number of aryl methyl sites for hydroxylation is 1. The van der Waals surface area contributed by atoms with E-state index >= 15 is 0 Å². The van der Waals surface area contributed by atoms with Gasteiger partial charge in [-0.3, -0.25) is 4.57 Å². The molecular formula is C9H10BrN5OS. The van der Waals surface area contributed by atoms with Gasteiger partial charge >= 0.3 is 5.69 Å². The standard InChI is InChI=1S/C9H10BrN5OS/c1-4-7(10)5(2)15(9(16)12-4)3-6-13-14-8(11)17-6/h3H2,1-2H3,(H2,11,14). The van der Waals surface area contributed by atoms with Crippen LogP contribution in [-0.2, 0) is 6.54 Å². The highest BCUT2D eigenvalue weighted by Crippen LogP contribution is 2.18. The molecule has 0 atom stereocenters. The predicted molar refractivity (Wildman–Crippen MR) is 69.1 cm³/mol. The molecule has 0 aromatic carbocycles. The molecule has 0 spiro atoms. The fraction of sp³-hybridized carbons (Fsp3) is 0.333. The normalized spacial score (nSPS) is 10.8. The minimum atomic E-state index is -0.294. The summed E-state index contributed by atoms with van der Waals surface area (Å²) in [6, 6.07) is 0. The quantitative estimate of drug-likeness (QED) is 0.897. The van der Waals surface area contributed by atoms with E-state index in [0.717, 1.165) is 10.2 Å². The molecule has 8 heteroatoms. The zero-order chi connectivity index (χ0) is 12.6. The summed E-state index contributed by atoms with van der Waals surface area (Å²) >= 11 is 4.67. The van der Waals surface area contributed by atoms with E-state index < -0.39 is 0 Å². The van der Waals surface area contributed by atoms with Gasteiger partial charge in [-0.25, -0.2) is 4.79 Å². The summed E-state index contributed by atoms with van der Waals surface area (Å²) in [5.74, 6) is 0. The third kappa shape index (κ3) is 2.37. The van der Waals surface area contributed by atoms with Crippen molar-refractivity contribution in [3.63, 3.8) is 0 Å². The third-order valence-electron chi connectivity index (χ3n) is 2.31. The number of anilines is 1. The first kappa shape index (κ1) is 12.2. The van der Waals surface area contributed by atoms with Crippen LogP contribution in [0, 0.1) is 13.8 Å². The molecule has 0 saturated heterocycles. The van der Waals surface area contributed by atoms with Crippen LogP contribution in [0.4, 0.5) is 5.13 Å². The van der Waals surface area contributed by atoms with Crippen LogP contribution >= 0.6 is 27.3 Å². The Morgan fingerprint density at radius 1 is 1.41 bits per heavy atom. The lowest BCUT2D eigenvalue weighted by molar-refractivity contribution is 0.680. The molecule has 0 amide bonds. The van der Waals surface area contributed by atoms with Crippen LogP contribution in [0.25, 0.3) is 0 Å². The molecule has 2 aromatic rings. The van der Waals surface area contributed by atoms with Gasteiger partial charge in [0.15, 0.2) is 0 Å². The molecule has 6 nitrogen and oxygen atoms in total. The molecule has 2 N–H and O–H groups in total. The Balaban J connectivity index is 2.46. The zero-order valence-electron chi connectivity index (χ0n) is 9.27. The first-order chi connectivity index (χ1) is 7.99. The van der Waals surface area contributed by atoms with Crippen LogP contribution in [0.15, 0.2) is 9.27 Å². The number of nitrogens with zero attached hydrogens (tertiary/aromatic N) is 4. The Morgan fingerprint density at radius 3 is 2.71 bits per heavy atom. The third-order valence-corrected chi connectivity index (χ3v) is 4.20. The number of aromatic nitrogens is 4. The van der Waals surface area contributed by atoms with Gasteiger partial charge in [-0.2, -0.15) is 4.98 Å². The smallest absolute Gasteiger partial charge is 0.348 e. The highest BCUT2D eigenvalue weighted by Gasteiger charge is 2.11. The second-order valence-electron chi connectivity index (χ2n) is 3.50. The summed E-state index contributed by atoms with van der Waals surface area (Å²) in [4.78, 5) is 15.7. The maximum Gasteiger partial charge on any atom is 0.348 e. The molecule has 2 rings (SSSR count). The van der Waals surface area contributed by atoms with Gasteiger partial charge in [0.25, 0.3) is 0 Å². The van der Waals surface area contributed by atoms with Crippen LogP contribution < -0.4 is 11.4 Å². The number of nitrogens with two attached hydrogens (primary N) is 1. The van der Waals surface area contributed by atoms with Gasteiger partial charge in [-0.05, 0) is 29.8 Å². The number of halogens is 1. The molecule has 0 unspecified atom stereocenters. The van der Waals surface area contributed by atoms with Crippen molar-refractivity contribution in [1.82, 2.24) is 19.7 Å². The van der Waals surface area contributed by atoms with Crippen LogP contribution in [0.3, 0.4) is 0 Å². The van der Waals surface area contributed by atoms with Crippen molar-refractivity contribution in [3.8, 4) is 0 Å². The molecule has 0 aliphatic rings. The number of hydrogen-bond acceptors (Lipinski definition) is 6. The van der Waals surface area contributed by atoms with Crippen molar-refractivity contribution in [2.45, 2.75) is 20.4 Å². The second-order valence-corrected chi connectivity index (χ2v) is 5.39. The molecule has 17 heavy (non-hydrogen) atoms. The van der Waals surface area contributed by atoms with Gasteiger partial charge in [-0.15, -0.1) is 10.2 Å². The first-order valence-electron chi connectivity index (χ1n) is 4.80. The van der Waals surface area contributed by atoms with Gasteiger partial charge in [0.1, 0.15) is 5.01 Å². The van der Waals surface area contributed by atoms with Crippen LogP contribution in [0.5, 0.6) is 0 Å². The average Bonchev–Trinajstić information content (AvgIpc) is 2.67. The Kier molecular flexibility index (Phi) is 3.25. The van der Waals surface area contributed by atoms with Crippen LogP contribution in [0.2, 0.25) is 0 Å². The lowest BCUT2D eigenvalue weighted by Gasteiger charge is -2.10. The summed E-state index contributed by atoms with van der Waals surface area (Å²) in [7, 11) is 0. The van der Waals surface area contributed by atoms with E-state index in [1.807, 2.05) is 6.92 Å². The minimum Gasteiger partial charge on any atom is -0.374 e. The van der Waals surface area contributed by atoms with E-state index in [1.165, 1.54) is 15.9 Å². The summed E-state index contributed by atoms with van der Waals surface area (Å²) in [6.07, 6.45) is 0. The monoisotopic (exact) mass is 315 g/mol. The first-order valence-corrected chi connectivity index (χ1v) is 6.41. The minimum absolute atomic E-state index is 0.294.